The summed E-state index contributed by atoms with van der Waals surface area (Å²) in [5.74, 6) is 0.579. The molecule has 0 amide bonds. The van der Waals surface area contributed by atoms with Crippen LogP contribution in [0.5, 0.6) is 0 Å². The Morgan fingerprint density at radius 2 is 1.85 bits per heavy atom. The molecular weight excluding hydrogens is 346 g/mol. The number of rotatable bonds is 3. The Bertz CT molecular complexity index is 1070. The highest BCUT2D eigenvalue weighted by molar-refractivity contribution is 6.31. The second-order valence-corrected chi connectivity index (χ2v) is 6.47. The van der Waals surface area contributed by atoms with Crippen molar-refractivity contribution in [3.05, 3.63) is 77.6 Å². The molecule has 0 fully saturated rings. The molecule has 0 aliphatic carbocycles. The SMILES string of the molecule is Cc1cc(-c2ccc(Cl)c(C)c2)nc(-n2cnc(-c3cccnc3)c2)n1. The number of aryl methyl sites for hydroxylation is 2. The van der Waals surface area contributed by atoms with Gasteiger partial charge in [-0.1, -0.05) is 17.7 Å². The lowest BCUT2D eigenvalue weighted by Crippen LogP contribution is -2.01. The number of nitrogens with zero attached hydrogens (tertiary/aromatic N) is 5. The van der Waals surface area contributed by atoms with Crippen molar-refractivity contribution in [2.75, 3.05) is 0 Å². The molecule has 0 aliphatic heterocycles. The zero-order valence-corrected chi connectivity index (χ0v) is 15.1. The van der Waals surface area contributed by atoms with Crippen molar-refractivity contribution >= 4 is 11.6 Å². The van der Waals surface area contributed by atoms with Gasteiger partial charge in [0, 0.05) is 40.4 Å². The topological polar surface area (TPSA) is 56.5 Å². The van der Waals surface area contributed by atoms with Crippen molar-refractivity contribution in [3.8, 4) is 28.5 Å². The summed E-state index contributed by atoms with van der Waals surface area (Å²) < 4.78 is 1.82. The van der Waals surface area contributed by atoms with Crippen LogP contribution in [-0.4, -0.2) is 24.5 Å². The third-order valence-corrected chi connectivity index (χ3v) is 4.49. The van der Waals surface area contributed by atoms with Gasteiger partial charge in [-0.05, 0) is 49.7 Å². The van der Waals surface area contributed by atoms with Gasteiger partial charge < -0.3 is 0 Å². The molecule has 26 heavy (non-hydrogen) atoms. The Kier molecular flexibility index (Phi) is 4.22. The standard InChI is InChI=1S/C20H16ClN5/c1-13-8-15(5-6-17(13)21)18-9-14(2)24-20(25-18)26-11-19(23-12-26)16-4-3-7-22-10-16/h3-12H,1-2H3. The first kappa shape index (κ1) is 16.4. The Hall–Kier alpha value is -3.05. The van der Waals surface area contributed by atoms with Crippen LogP contribution in [0, 0.1) is 13.8 Å². The Morgan fingerprint density at radius 3 is 2.62 bits per heavy atom. The van der Waals surface area contributed by atoms with Crippen molar-refractivity contribution in [2.24, 2.45) is 0 Å². The first-order valence-electron chi connectivity index (χ1n) is 8.17. The summed E-state index contributed by atoms with van der Waals surface area (Å²) >= 11 is 6.14. The van der Waals surface area contributed by atoms with Crippen LogP contribution in [0.25, 0.3) is 28.5 Å². The van der Waals surface area contributed by atoms with Gasteiger partial charge in [0.15, 0.2) is 0 Å². The number of hydrogen-bond donors (Lipinski definition) is 0. The molecule has 0 bridgehead atoms. The van der Waals surface area contributed by atoms with E-state index in [0.717, 1.165) is 38.8 Å². The zero-order valence-electron chi connectivity index (χ0n) is 14.4. The molecular formula is C20H16ClN5. The fourth-order valence-electron chi connectivity index (χ4n) is 2.72. The molecule has 0 spiro atoms. The lowest BCUT2D eigenvalue weighted by atomic mass is 10.1. The van der Waals surface area contributed by atoms with Crippen LogP contribution in [0.1, 0.15) is 11.3 Å². The number of pyridine rings is 1. The van der Waals surface area contributed by atoms with E-state index in [1.54, 1.807) is 18.7 Å². The molecule has 5 nitrogen and oxygen atoms in total. The number of halogens is 1. The van der Waals surface area contributed by atoms with Crippen LogP contribution in [0.4, 0.5) is 0 Å². The number of benzene rings is 1. The number of hydrogen-bond acceptors (Lipinski definition) is 4. The summed E-state index contributed by atoms with van der Waals surface area (Å²) in [5, 5.41) is 0.746. The highest BCUT2D eigenvalue weighted by atomic mass is 35.5. The average molecular weight is 362 g/mol. The van der Waals surface area contributed by atoms with E-state index in [1.807, 2.05) is 61.0 Å². The van der Waals surface area contributed by atoms with Crippen molar-refractivity contribution in [1.82, 2.24) is 24.5 Å². The summed E-state index contributed by atoms with van der Waals surface area (Å²) in [7, 11) is 0. The van der Waals surface area contributed by atoms with Crippen molar-refractivity contribution in [2.45, 2.75) is 13.8 Å². The van der Waals surface area contributed by atoms with E-state index in [-0.39, 0.29) is 0 Å². The predicted octanol–water partition coefficient (Wildman–Crippen LogP) is 4.66. The molecule has 0 aliphatic rings. The summed E-state index contributed by atoms with van der Waals surface area (Å²) in [6, 6.07) is 11.7. The molecule has 1 aromatic carbocycles. The van der Waals surface area contributed by atoms with E-state index in [9.17, 15) is 0 Å². The van der Waals surface area contributed by atoms with E-state index in [2.05, 4.69) is 15.0 Å². The molecule has 0 radical (unpaired) electrons. The summed E-state index contributed by atoms with van der Waals surface area (Å²) in [5.41, 5.74) is 5.53. The van der Waals surface area contributed by atoms with Gasteiger partial charge in [0.05, 0.1) is 11.4 Å². The van der Waals surface area contributed by atoms with Crippen molar-refractivity contribution < 1.29 is 0 Å². The second kappa shape index (κ2) is 6.69. The van der Waals surface area contributed by atoms with Gasteiger partial charge in [-0.15, -0.1) is 0 Å². The highest BCUT2D eigenvalue weighted by Gasteiger charge is 2.10. The smallest absolute Gasteiger partial charge is 0.235 e. The molecule has 128 valence electrons. The minimum atomic E-state index is 0.579. The molecule has 6 heteroatoms. The predicted molar refractivity (Wildman–Crippen MR) is 102 cm³/mol. The molecule has 0 atom stereocenters. The van der Waals surface area contributed by atoms with E-state index < -0.39 is 0 Å². The van der Waals surface area contributed by atoms with Crippen LogP contribution in [0.2, 0.25) is 5.02 Å². The van der Waals surface area contributed by atoms with Gasteiger partial charge in [0.25, 0.3) is 0 Å². The third kappa shape index (κ3) is 3.21. The maximum atomic E-state index is 6.14. The molecule has 4 aromatic rings. The first-order chi connectivity index (χ1) is 12.6. The number of aromatic nitrogens is 5. The number of imidazole rings is 1. The molecule has 3 aromatic heterocycles. The molecule has 0 N–H and O–H groups in total. The molecule has 0 saturated carbocycles. The lowest BCUT2D eigenvalue weighted by molar-refractivity contribution is 0.912. The molecule has 0 unspecified atom stereocenters. The van der Waals surface area contributed by atoms with Gasteiger partial charge >= 0.3 is 0 Å². The second-order valence-electron chi connectivity index (χ2n) is 6.07. The van der Waals surface area contributed by atoms with Crippen LogP contribution < -0.4 is 0 Å². The van der Waals surface area contributed by atoms with Crippen LogP contribution in [-0.2, 0) is 0 Å². The maximum Gasteiger partial charge on any atom is 0.235 e. The summed E-state index contributed by atoms with van der Waals surface area (Å²) in [4.78, 5) is 17.8. The van der Waals surface area contributed by atoms with E-state index in [1.165, 1.54) is 0 Å². The third-order valence-electron chi connectivity index (χ3n) is 4.07. The van der Waals surface area contributed by atoms with E-state index >= 15 is 0 Å². The van der Waals surface area contributed by atoms with Gasteiger partial charge in [-0.25, -0.2) is 15.0 Å². The minimum Gasteiger partial charge on any atom is -0.274 e. The Balaban J connectivity index is 1.75. The lowest BCUT2D eigenvalue weighted by Gasteiger charge is -2.08. The Morgan fingerprint density at radius 1 is 0.962 bits per heavy atom. The molecule has 4 rings (SSSR count). The van der Waals surface area contributed by atoms with Gasteiger partial charge in [0.1, 0.15) is 6.33 Å². The van der Waals surface area contributed by atoms with Crippen molar-refractivity contribution in [3.63, 3.8) is 0 Å². The van der Waals surface area contributed by atoms with E-state index in [4.69, 9.17) is 16.6 Å². The van der Waals surface area contributed by atoms with Gasteiger partial charge in [-0.2, -0.15) is 0 Å². The highest BCUT2D eigenvalue weighted by Crippen LogP contribution is 2.25. The zero-order chi connectivity index (χ0) is 18.1. The van der Waals surface area contributed by atoms with Crippen LogP contribution in [0.3, 0.4) is 0 Å². The summed E-state index contributed by atoms with van der Waals surface area (Å²) in [6.45, 7) is 3.94. The largest absolute Gasteiger partial charge is 0.274 e. The quantitative estimate of drug-likeness (QED) is 0.532. The fourth-order valence-corrected chi connectivity index (χ4v) is 2.83. The normalized spacial score (nSPS) is 10.9. The monoisotopic (exact) mass is 361 g/mol. The van der Waals surface area contributed by atoms with Crippen LogP contribution in [0.15, 0.2) is 61.3 Å². The first-order valence-corrected chi connectivity index (χ1v) is 8.55. The summed E-state index contributed by atoms with van der Waals surface area (Å²) in [6.07, 6.45) is 7.15. The molecule has 3 heterocycles. The maximum absolute atomic E-state index is 6.14. The van der Waals surface area contributed by atoms with Crippen LogP contribution >= 0.6 is 11.6 Å². The fraction of sp³-hybridized carbons (Fsp3) is 0.100. The molecule has 0 saturated heterocycles. The van der Waals surface area contributed by atoms with Gasteiger partial charge in [0.2, 0.25) is 5.95 Å². The van der Waals surface area contributed by atoms with Crippen molar-refractivity contribution in [1.29, 1.82) is 0 Å². The Labute approximate surface area is 156 Å². The van der Waals surface area contributed by atoms with Gasteiger partial charge in [-0.3, -0.25) is 9.55 Å². The van der Waals surface area contributed by atoms with E-state index in [0.29, 0.717) is 5.95 Å². The average Bonchev–Trinajstić information content (AvgIpc) is 3.14. The minimum absolute atomic E-state index is 0.579.